The van der Waals surface area contributed by atoms with Gasteiger partial charge in [0.15, 0.2) is 11.9 Å². The standard InChI is InChI=1S/C24H26N4O6S/c1-15(23(30)26-19-11-9-18(10-12-19)25-16(2)29)34-24(31)17-6-5-13-28(14-17)22-20-7-3-4-8-21(20)35(32,33)27-22/h3-4,7-12,15,17H,5-6,13-14H2,1-2H3,(H,25,29)(H,26,30)/t15-,17-/m1/s1. The lowest BCUT2D eigenvalue weighted by atomic mass is 9.97. The normalized spacial score (nSPS) is 19.2. The van der Waals surface area contributed by atoms with Crippen LogP contribution in [0, 0.1) is 5.92 Å². The summed E-state index contributed by atoms with van der Waals surface area (Å²) in [6.07, 6.45) is 0.191. The van der Waals surface area contributed by atoms with Gasteiger partial charge in [-0.25, -0.2) is 0 Å². The first-order valence-corrected chi connectivity index (χ1v) is 12.7. The number of fused-ring (bicyclic) bond motifs is 1. The lowest BCUT2D eigenvalue weighted by Crippen LogP contribution is -2.44. The summed E-state index contributed by atoms with van der Waals surface area (Å²) >= 11 is 0. The average molecular weight is 499 g/mol. The Morgan fingerprint density at radius 3 is 2.40 bits per heavy atom. The van der Waals surface area contributed by atoms with Crippen LogP contribution in [0.5, 0.6) is 0 Å². The second kappa shape index (κ2) is 9.87. The first-order chi connectivity index (χ1) is 16.6. The summed E-state index contributed by atoms with van der Waals surface area (Å²) in [5, 5.41) is 5.32. The van der Waals surface area contributed by atoms with E-state index in [1.165, 1.54) is 19.9 Å². The van der Waals surface area contributed by atoms with Gasteiger partial charge in [0.25, 0.3) is 15.9 Å². The third kappa shape index (κ3) is 5.51. The fourth-order valence-electron chi connectivity index (χ4n) is 4.09. The molecular weight excluding hydrogens is 472 g/mol. The zero-order valence-corrected chi connectivity index (χ0v) is 20.2. The van der Waals surface area contributed by atoms with Gasteiger partial charge >= 0.3 is 5.97 Å². The first-order valence-electron chi connectivity index (χ1n) is 11.2. The van der Waals surface area contributed by atoms with Gasteiger partial charge in [-0.3, -0.25) is 14.4 Å². The van der Waals surface area contributed by atoms with Gasteiger partial charge in [0.1, 0.15) is 4.90 Å². The van der Waals surface area contributed by atoms with Crippen LogP contribution in [0.1, 0.15) is 32.3 Å². The van der Waals surface area contributed by atoms with Crippen molar-refractivity contribution in [2.45, 2.75) is 37.7 Å². The maximum atomic E-state index is 12.8. The SMILES string of the molecule is CC(=O)Nc1ccc(NC(=O)[C@@H](C)OC(=O)[C@@H]2CCCN(C3=NS(=O)(=O)c4ccccc43)C2)cc1. The zero-order chi connectivity index (χ0) is 25.2. The summed E-state index contributed by atoms with van der Waals surface area (Å²) in [6.45, 7) is 3.71. The molecule has 10 nitrogen and oxygen atoms in total. The summed E-state index contributed by atoms with van der Waals surface area (Å²) in [4.78, 5) is 38.4. The third-order valence-corrected chi connectivity index (χ3v) is 7.13. The number of likely N-dealkylation sites (tertiary alicyclic amines) is 1. The Kier molecular flexibility index (Phi) is 6.88. The number of rotatable bonds is 5. The maximum Gasteiger partial charge on any atom is 0.311 e. The molecular formula is C24H26N4O6S. The van der Waals surface area contributed by atoms with E-state index in [0.29, 0.717) is 42.2 Å². The molecule has 0 aromatic heterocycles. The van der Waals surface area contributed by atoms with Crippen LogP contribution >= 0.6 is 0 Å². The minimum Gasteiger partial charge on any atom is -0.452 e. The number of amides is 2. The lowest BCUT2D eigenvalue weighted by molar-refractivity contribution is -0.158. The number of carbonyl (C=O) groups excluding carboxylic acids is 3. The summed E-state index contributed by atoms with van der Waals surface area (Å²) < 4.78 is 34.1. The molecule has 0 bridgehead atoms. The Hall–Kier alpha value is -3.73. The number of carbonyl (C=O) groups is 3. The van der Waals surface area contributed by atoms with Crippen molar-refractivity contribution in [2.75, 3.05) is 23.7 Å². The largest absolute Gasteiger partial charge is 0.452 e. The van der Waals surface area contributed by atoms with Crippen LogP contribution in [0.4, 0.5) is 11.4 Å². The van der Waals surface area contributed by atoms with E-state index in [1.807, 2.05) is 0 Å². The smallest absolute Gasteiger partial charge is 0.311 e. The molecule has 0 aliphatic carbocycles. The number of sulfonamides is 1. The molecule has 2 atom stereocenters. The zero-order valence-electron chi connectivity index (χ0n) is 19.4. The van der Waals surface area contributed by atoms with E-state index in [9.17, 15) is 22.8 Å². The Morgan fingerprint density at radius 2 is 1.71 bits per heavy atom. The summed E-state index contributed by atoms with van der Waals surface area (Å²) in [5.74, 6) is -1.39. The van der Waals surface area contributed by atoms with Gasteiger partial charge in [-0.15, -0.1) is 4.40 Å². The fraction of sp³-hybridized carbons (Fsp3) is 0.333. The molecule has 1 saturated heterocycles. The number of anilines is 2. The minimum absolute atomic E-state index is 0.162. The molecule has 2 amide bonds. The minimum atomic E-state index is -3.75. The quantitative estimate of drug-likeness (QED) is 0.605. The number of esters is 1. The molecule has 4 rings (SSSR count). The Morgan fingerprint density at radius 1 is 1.06 bits per heavy atom. The van der Waals surface area contributed by atoms with Gasteiger partial charge < -0.3 is 20.3 Å². The summed E-state index contributed by atoms with van der Waals surface area (Å²) in [6, 6.07) is 13.2. The van der Waals surface area contributed by atoms with Crippen LogP contribution in [-0.2, 0) is 29.1 Å². The number of piperidine rings is 1. The fourth-order valence-corrected chi connectivity index (χ4v) is 5.31. The van der Waals surface area contributed by atoms with Gasteiger partial charge in [-0.1, -0.05) is 12.1 Å². The Labute approximate surface area is 203 Å². The lowest BCUT2D eigenvalue weighted by Gasteiger charge is -2.33. The number of ether oxygens (including phenoxy) is 1. The van der Waals surface area contributed by atoms with E-state index >= 15 is 0 Å². The molecule has 184 valence electrons. The highest BCUT2D eigenvalue weighted by atomic mass is 32.2. The predicted molar refractivity (Wildman–Crippen MR) is 129 cm³/mol. The second-order valence-electron chi connectivity index (χ2n) is 8.50. The van der Waals surface area contributed by atoms with Crippen molar-refractivity contribution in [1.82, 2.24) is 4.90 Å². The molecule has 2 aliphatic rings. The monoisotopic (exact) mass is 498 g/mol. The molecule has 0 unspecified atom stereocenters. The van der Waals surface area contributed by atoms with Crippen molar-refractivity contribution in [3.8, 4) is 0 Å². The molecule has 2 aromatic rings. The number of hydrogen-bond acceptors (Lipinski definition) is 7. The van der Waals surface area contributed by atoms with Crippen LogP contribution in [0.2, 0.25) is 0 Å². The molecule has 2 aliphatic heterocycles. The van der Waals surface area contributed by atoms with Crippen LogP contribution in [0.3, 0.4) is 0 Å². The summed E-state index contributed by atoms with van der Waals surface area (Å²) in [7, 11) is -3.75. The van der Waals surface area contributed by atoms with E-state index in [0.717, 1.165) is 0 Å². The van der Waals surface area contributed by atoms with Crippen molar-refractivity contribution < 1.29 is 27.5 Å². The van der Waals surface area contributed by atoms with Crippen molar-refractivity contribution in [3.63, 3.8) is 0 Å². The van der Waals surface area contributed by atoms with Gasteiger partial charge in [0.2, 0.25) is 5.91 Å². The third-order valence-electron chi connectivity index (χ3n) is 5.80. The van der Waals surface area contributed by atoms with Gasteiger partial charge in [-0.2, -0.15) is 8.42 Å². The molecule has 0 spiro atoms. The Bertz CT molecular complexity index is 1290. The first kappa shape index (κ1) is 24.4. The van der Waals surface area contributed by atoms with Gasteiger partial charge in [0.05, 0.1) is 5.92 Å². The van der Waals surface area contributed by atoms with Crippen LogP contribution < -0.4 is 10.6 Å². The molecule has 0 radical (unpaired) electrons. The number of benzene rings is 2. The van der Waals surface area contributed by atoms with Gasteiger partial charge in [-0.05, 0) is 56.2 Å². The average Bonchev–Trinajstić information content (AvgIpc) is 3.11. The van der Waals surface area contributed by atoms with E-state index in [-0.39, 0.29) is 17.3 Å². The van der Waals surface area contributed by atoms with Crippen molar-refractivity contribution in [1.29, 1.82) is 0 Å². The van der Waals surface area contributed by atoms with Crippen molar-refractivity contribution >= 4 is 45.0 Å². The van der Waals surface area contributed by atoms with E-state index < -0.39 is 33.9 Å². The van der Waals surface area contributed by atoms with Crippen molar-refractivity contribution in [3.05, 3.63) is 54.1 Å². The van der Waals surface area contributed by atoms with Gasteiger partial charge in [0, 0.05) is 37.0 Å². The molecule has 2 aromatic carbocycles. The van der Waals surface area contributed by atoms with E-state index in [1.54, 1.807) is 47.4 Å². The summed E-state index contributed by atoms with van der Waals surface area (Å²) in [5.41, 5.74) is 1.62. The predicted octanol–water partition coefficient (Wildman–Crippen LogP) is 2.38. The van der Waals surface area contributed by atoms with E-state index in [4.69, 9.17) is 4.74 Å². The highest BCUT2D eigenvalue weighted by Crippen LogP contribution is 2.30. The molecule has 35 heavy (non-hydrogen) atoms. The highest BCUT2D eigenvalue weighted by Gasteiger charge is 2.36. The molecule has 1 fully saturated rings. The van der Waals surface area contributed by atoms with Crippen LogP contribution in [-0.4, -0.2) is 56.1 Å². The molecule has 11 heteroatoms. The molecule has 2 heterocycles. The van der Waals surface area contributed by atoms with Crippen LogP contribution in [0.25, 0.3) is 0 Å². The number of hydrogen-bond donors (Lipinski definition) is 2. The Balaban J connectivity index is 1.36. The molecule has 0 saturated carbocycles. The maximum absolute atomic E-state index is 12.8. The second-order valence-corrected chi connectivity index (χ2v) is 10.1. The topological polar surface area (TPSA) is 134 Å². The number of nitrogens with one attached hydrogen (secondary N) is 2. The highest BCUT2D eigenvalue weighted by molar-refractivity contribution is 7.90. The number of nitrogens with zero attached hydrogens (tertiary/aromatic N) is 2. The van der Waals surface area contributed by atoms with Crippen molar-refractivity contribution in [2.24, 2.45) is 10.3 Å². The number of amidine groups is 1. The molecule has 2 N–H and O–H groups in total. The van der Waals surface area contributed by atoms with E-state index in [2.05, 4.69) is 15.0 Å². The van der Waals surface area contributed by atoms with Crippen LogP contribution in [0.15, 0.2) is 57.8 Å².